The highest BCUT2D eigenvalue weighted by molar-refractivity contribution is 6.12. The van der Waals surface area contributed by atoms with Gasteiger partial charge in [0.1, 0.15) is 0 Å². The summed E-state index contributed by atoms with van der Waals surface area (Å²) in [7, 11) is 0. The van der Waals surface area contributed by atoms with Gasteiger partial charge in [0.2, 0.25) is 11.9 Å². The third kappa shape index (κ3) is 8.79. The van der Waals surface area contributed by atoms with Gasteiger partial charge in [-0.1, -0.05) is 161 Å². The van der Waals surface area contributed by atoms with Gasteiger partial charge in [0, 0.05) is 37.9 Å². The summed E-state index contributed by atoms with van der Waals surface area (Å²) in [6.07, 6.45) is 0. The quantitative estimate of drug-likeness (QED) is 0.176. The molecule has 11 aromatic rings. The molecule has 0 fully saturated rings. The summed E-state index contributed by atoms with van der Waals surface area (Å²) in [5.41, 5.74) is 15.4. The molecule has 11 rings (SSSR count). The van der Waals surface area contributed by atoms with Gasteiger partial charge in [-0.15, -0.1) is 0 Å². The van der Waals surface area contributed by atoms with Crippen LogP contribution >= 0.6 is 0 Å². The minimum atomic E-state index is -0.0778. The molecule has 7 heteroatoms. The third-order valence-corrected chi connectivity index (χ3v) is 16.1. The minimum Gasteiger partial charge on any atom is -0.308 e. The summed E-state index contributed by atoms with van der Waals surface area (Å²) < 4.78 is 6.82. The van der Waals surface area contributed by atoms with Gasteiger partial charge < -0.3 is 4.57 Å². The first-order valence-electron chi connectivity index (χ1n) is 27.5. The van der Waals surface area contributed by atoms with Gasteiger partial charge >= 0.3 is 0 Å². The zero-order valence-corrected chi connectivity index (χ0v) is 48.8. The van der Waals surface area contributed by atoms with Crippen LogP contribution in [0.1, 0.15) is 164 Å². The molecule has 0 N–H and O–H groups in total. The normalized spacial score (nSPS) is 13.3. The number of fused-ring (bicyclic) bond motifs is 9. The fourth-order valence-corrected chi connectivity index (χ4v) is 11.2. The van der Waals surface area contributed by atoms with Crippen LogP contribution in [0.3, 0.4) is 0 Å². The van der Waals surface area contributed by atoms with Crippen LogP contribution in [-0.4, -0.2) is 28.7 Å². The van der Waals surface area contributed by atoms with E-state index in [0.717, 1.165) is 65.9 Å². The van der Waals surface area contributed by atoms with Crippen molar-refractivity contribution in [2.24, 2.45) is 0 Å². The first kappa shape index (κ1) is 51.5. The smallest absolute Gasteiger partial charge is 0.240 e. The zero-order valence-electron chi connectivity index (χ0n) is 48.8. The second-order valence-corrected chi connectivity index (χ2v) is 28.0. The van der Waals surface area contributed by atoms with E-state index in [1.165, 1.54) is 44.2 Å². The number of nitrogens with zero attached hydrogens (tertiary/aromatic N) is 7. The fraction of sp³-hybridized carbons (Fsp3) is 0.343. The van der Waals surface area contributed by atoms with Crippen molar-refractivity contribution < 1.29 is 0 Å². The second kappa shape index (κ2) is 17.2. The lowest BCUT2D eigenvalue weighted by atomic mass is 9.85. The van der Waals surface area contributed by atoms with Crippen LogP contribution in [0.25, 0.3) is 94.4 Å². The van der Waals surface area contributed by atoms with E-state index < -0.39 is 0 Å². The van der Waals surface area contributed by atoms with E-state index in [2.05, 4.69) is 260 Å². The SMILES string of the molecule is CC(C)(C)c1ccc2c(c1)c1cc(C(C)(C)C)ccc1n2-c1nc(-c2cc(C#N)ccc2-n2c3ccc(C(C)(C)C)cc3c3cc(C(C)(C)C)ccc32)nc(-n2c3ccc(C(C)(C)C)cc3c3cc(C(C)(C)C)ccc32)n1. The van der Waals surface area contributed by atoms with E-state index >= 15 is 0 Å². The molecule has 77 heavy (non-hydrogen) atoms. The van der Waals surface area contributed by atoms with Crippen LogP contribution in [0.4, 0.5) is 0 Å². The Morgan fingerprint density at radius 1 is 0.312 bits per heavy atom. The van der Waals surface area contributed by atoms with E-state index in [-0.39, 0.29) is 32.5 Å². The molecule has 4 aromatic heterocycles. The van der Waals surface area contributed by atoms with E-state index in [9.17, 15) is 5.26 Å². The lowest BCUT2D eigenvalue weighted by molar-refractivity contribution is 0.590. The number of hydrogen-bond acceptors (Lipinski definition) is 4. The Kier molecular flexibility index (Phi) is 11.5. The van der Waals surface area contributed by atoms with E-state index in [1.54, 1.807) is 0 Å². The highest BCUT2D eigenvalue weighted by Crippen LogP contribution is 2.43. The van der Waals surface area contributed by atoms with Crippen molar-refractivity contribution in [1.29, 1.82) is 5.26 Å². The summed E-state index contributed by atoms with van der Waals surface area (Å²) in [5.74, 6) is 1.44. The molecule has 0 aliphatic heterocycles. The van der Waals surface area contributed by atoms with Gasteiger partial charge in [-0.25, -0.2) is 0 Å². The molecule has 7 nitrogen and oxygen atoms in total. The van der Waals surface area contributed by atoms with Gasteiger partial charge in [0.25, 0.3) is 0 Å². The molecule has 0 aliphatic carbocycles. The minimum absolute atomic E-state index is 0.0631. The maximum atomic E-state index is 10.8. The first-order chi connectivity index (χ1) is 35.9. The standard InChI is InChI=1S/C70H75N7/c1-65(2,3)42-20-27-55-48(34-42)49-35-43(66(4,5)6)21-28-56(49)75(55)61-26-19-41(40-71)33-54(61)62-72-63(76-57-29-22-44(67(7,8)9)36-50(57)51-37-45(68(10,11)12)23-30-58(51)76)74-64(73-62)77-59-31-24-46(69(13,14)15)38-52(59)53-39-47(70(16,17)18)25-32-60(53)77/h19-39H,1-18H3. The van der Waals surface area contributed by atoms with Crippen molar-refractivity contribution in [2.75, 3.05) is 0 Å². The number of nitriles is 1. The summed E-state index contributed by atoms with van der Waals surface area (Å²) in [5, 5.41) is 17.7. The largest absolute Gasteiger partial charge is 0.308 e. The van der Waals surface area contributed by atoms with Gasteiger partial charge in [0.15, 0.2) is 5.82 Å². The van der Waals surface area contributed by atoms with Crippen molar-refractivity contribution in [1.82, 2.24) is 28.7 Å². The van der Waals surface area contributed by atoms with Gasteiger partial charge in [-0.2, -0.15) is 20.2 Å². The average molecular weight is 1010 g/mol. The van der Waals surface area contributed by atoms with Crippen LogP contribution in [0, 0.1) is 11.3 Å². The van der Waals surface area contributed by atoms with Crippen molar-refractivity contribution in [3.05, 3.63) is 166 Å². The van der Waals surface area contributed by atoms with Gasteiger partial charge in [-0.3, -0.25) is 9.13 Å². The Morgan fingerprint density at radius 2 is 0.571 bits per heavy atom. The maximum Gasteiger partial charge on any atom is 0.240 e. The Hall–Kier alpha value is -7.56. The number of benzene rings is 7. The number of hydrogen-bond donors (Lipinski definition) is 0. The van der Waals surface area contributed by atoms with Crippen molar-refractivity contribution >= 4 is 65.4 Å². The Labute approximate surface area is 455 Å². The molecule has 0 bridgehead atoms. The molecule has 4 heterocycles. The molecular formula is C70H75N7. The summed E-state index contributed by atoms with van der Waals surface area (Å²) in [6, 6.07) is 49.7. The highest BCUT2D eigenvalue weighted by Gasteiger charge is 2.28. The van der Waals surface area contributed by atoms with Crippen LogP contribution in [0.15, 0.2) is 127 Å². The van der Waals surface area contributed by atoms with Gasteiger partial charge in [0.05, 0.1) is 50.4 Å². The summed E-state index contributed by atoms with van der Waals surface area (Å²) in [4.78, 5) is 17.0. The predicted molar refractivity (Wildman–Crippen MR) is 325 cm³/mol. The monoisotopic (exact) mass is 1010 g/mol. The maximum absolute atomic E-state index is 10.8. The Bertz CT molecular complexity index is 3890. The Morgan fingerprint density at radius 3 is 0.818 bits per heavy atom. The molecular weight excluding hydrogens is 939 g/mol. The first-order valence-corrected chi connectivity index (χ1v) is 27.5. The van der Waals surface area contributed by atoms with E-state index in [1.807, 2.05) is 12.1 Å². The Balaban J connectivity index is 1.29. The number of rotatable bonds is 4. The lowest BCUT2D eigenvalue weighted by Crippen LogP contribution is -2.13. The molecule has 0 saturated carbocycles. The molecule has 0 aliphatic rings. The van der Waals surface area contributed by atoms with Crippen LogP contribution in [0.5, 0.6) is 0 Å². The predicted octanol–water partition coefficient (Wildman–Crippen LogP) is 18.5. The molecule has 0 unspecified atom stereocenters. The summed E-state index contributed by atoms with van der Waals surface area (Å²) >= 11 is 0. The third-order valence-electron chi connectivity index (χ3n) is 16.1. The average Bonchev–Trinajstić information content (AvgIpc) is 4.21. The van der Waals surface area contributed by atoms with Crippen LogP contribution in [-0.2, 0) is 32.5 Å². The number of aromatic nitrogens is 6. The summed E-state index contributed by atoms with van der Waals surface area (Å²) in [6.45, 7) is 40.9. The molecule has 390 valence electrons. The zero-order chi connectivity index (χ0) is 55.3. The highest BCUT2D eigenvalue weighted by atomic mass is 15.3. The van der Waals surface area contributed by atoms with Crippen LogP contribution in [0.2, 0.25) is 0 Å². The topological polar surface area (TPSA) is 77.2 Å². The van der Waals surface area contributed by atoms with Crippen molar-refractivity contribution in [3.63, 3.8) is 0 Å². The fourth-order valence-electron chi connectivity index (χ4n) is 11.2. The second-order valence-electron chi connectivity index (χ2n) is 28.0. The molecule has 0 saturated heterocycles. The van der Waals surface area contributed by atoms with Crippen molar-refractivity contribution in [3.8, 4) is 35.0 Å². The van der Waals surface area contributed by atoms with Crippen LogP contribution < -0.4 is 0 Å². The van der Waals surface area contributed by atoms with E-state index in [0.29, 0.717) is 23.3 Å². The molecule has 0 amide bonds. The van der Waals surface area contributed by atoms with Gasteiger partial charge in [-0.05, 0) is 157 Å². The molecule has 0 atom stereocenters. The molecule has 7 aromatic carbocycles. The molecule has 0 spiro atoms. The van der Waals surface area contributed by atoms with E-state index in [4.69, 9.17) is 15.0 Å². The van der Waals surface area contributed by atoms with Crippen molar-refractivity contribution in [2.45, 2.75) is 157 Å². The lowest BCUT2D eigenvalue weighted by Gasteiger charge is -2.20. The molecule has 0 radical (unpaired) electrons.